The number of pyridine rings is 1. The number of fused-ring (bicyclic) bond motifs is 1. The molecule has 0 amide bonds. The molecule has 0 fully saturated rings. The number of carboxylic acid groups (broad SMARTS) is 1. The Kier molecular flexibility index (Phi) is 2.53. The molecule has 0 aliphatic carbocycles. The molecule has 0 spiro atoms. The van der Waals surface area contributed by atoms with Gasteiger partial charge in [-0.15, -0.1) is 0 Å². The minimum absolute atomic E-state index is 0.0751. The molecule has 5 heteroatoms. The van der Waals surface area contributed by atoms with Crippen LogP contribution in [0, 0.1) is 6.92 Å². The minimum Gasteiger partial charge on any atom is -0.478 e. The van der Waals surface area contributed by atoms with Crippen molar-refractivity contribution in [2.45, 2.75) is 20.4 Å². The Balaban J connectivity index is 3.06. The van der Waals surface area contributed by atoms with Crippen molar-refractivity contribution in [2.24, 2.45) is 7.05 Å². The highest BCUT2D eigenvalue weighted by atomic mass is 16.4. The number of hydrogen-bond donors (Lipinski definition) is 1. The van der Waals surface area contributed by atoms with Gasteiger partial charge in [0.15, 0.2) is 0 Å². The van der Waals surface area contributed by atoms with E-state index in [-0.39, 0.29) is 11.1 Å². The van der Waals surface area contributed by atoms with Crippen molar-refractivity contribution in [2.75, 3.05) is 0 Å². The topological polar surface area (TPSA) is 64.2 Å². The molecule has 2 rings (SSSR count). The Morgan fingerprint density at radius 1 is 1.41 bits per heavy atom. The Bertz CT molecular complexity index is 664. The number of aryl methyl sites for hydroxylation is 3. The number of aromatic nitrogens is 2. The molecule has 1 N–H and O–H groups in total. The van der Waals surface area contributed by atoms with E-state index in [1.807, 2.05) is 13.8 Å². The van der Waals surface area contributed by atoms with Crippen molar-refractivity contribution in [1.82, 2.24) is 9.13 Å². The van der Waals surface area contributed by atoms with E-state index in [2.05, 4.69) is 0 Å². The standard InChI is InChI=1S/C12H14N2O3/c1-4-14-6-8(12(16)17)9-10(14)7(2)5-13(3)11(9)15/h5-6H,4H2,1-3H3,(H,16,17). The zero-order valence-electron chi connectivity index (χ0n) is 10.0. The maximum Gasteiger partial charge on any atom is 0.338 e. The van der Waals surface area contributed by atoms with Crippen molar-refractivity contribution in [3.8, 4) is 0 Å². The van der Waals surface area contributed by atoms with Crippen LogP contribution in [0.4, 0.5) is 0 Å². The fourth-order valence-electron chi connectivity index (χ4n) is 2.19. The Morgan fingerprint density at radius 2 is 2.06 bits per heavy atom. The number of carboxylic acids is 1. The van der Waals surface area contributed by atoms with Gasteiger partial charge in [0.2, 0.25) is 0 Å². The van der Waals surface area contributed by atoms with E-state index < -0.39 is 5.97 Å². The van der Waals surface area contributed by atoms with Gasteiger partial charge >= 0.3 is 5.97 Å². The van der Waals surface area contributed by atoms with E-state index in [1.54, 1.807) is 17.8 Å². The summed E-state index contributed by atoms with van der Waals surface area (Å²) in [6.07, 6.45) is 3.25. The number of carbonyl (C=O) groups is 1. The Morgan fingerprint density at radius 3 is 2.59 bits per heavy atom. The molecule has 0 aromatic carbocycles. The summed E-state index contributed by atoms with van der Waals surface area (Å²) in [5, 5.41) is 9.43. The van der Waals surface area contributed by atoms with E-state index in [9.17, 15) is 9.59 Å². The lowest BCUT2D eigenvalue weighted by molar-refractivity contribution is 0.0698. The third kappa shape index (κ3) is 1.54. The van der Waals surface area contributed by atoms with Crippen LogP contribution in [0.1, 0.15) is 22.8 Å². The molecule has 5 nitrogen and oxygen atoms in total. The third-order valence-electron chi connectivity index (χ3n) is 2.94. The molecule has 0 unspecified atom stereocenters. The van der Waals surface area contributed by atoms with E-state index in [0.29, 0.717) is 17.4 Å². The second-order valence-corrected chi connectivity index (χ2v) is 4.09. The molecule has 0 aliphatic heterocycles. The second-order valence-electron chi connectivity index (χ2n) is 4.09. The van der Waals surface area contributed by atoms with E-state index in [1.165, 1.54) is 10.8 Å². The molecule has 17 heavy (non-hydrogen) atoms. The van der Waals surface area contributed by atoms with Crippen LogP contribution in [-0.2, 0) is 13.6 Å². The summed E-state index contributed by atoms with van der Waals surface area (Å²) in [6, 6.07) is 0. The van der Waals surface area contributed by atoms with Gasteiger partial charge in [0.25, 0.3) is 5.56 Å². The van der Waals surface area contributed by atoms with Gasteiger partial charge in [0, 0.05) is 26.0 Å². The summed E-state index contributed by atoms with van der Waals surface area (Å²) in [6.45, 7) is 4.43. The fourth-order valence-corrected chi connectivity index (χ4v) is 2.19. The largest absolute Gasteiger partial charge is 0.478 e. The maximum absolute atomic E-state index is 12.0. The Labute approximate surface area is 97.9 Å². The van der Waals surface area contributed by atoms with Gasteiger partial charge in [-0.1, -0.05) is 0 Å². The number of nitrogens with zero attached hydrogens (tertiary/aromatic N) is 2. The van der Waals surface area contributed by atoms with Gasteiger partial charge in [-0.3, -0.25) is 4.79 Å². The van der Waals surface area contributed by atoms with Crippen molar-refractivity contribution in [1.29, 1.82) is 0 Å². The van der Waals surface area contributed by atoms with Crippen LogP contribution in [0.3, 0.4) is 0 Å². The summed E-state index contributed by atoms with van der Waals surface area (Å²) in [5.74, 6) is -1.06. The first kappa shape index (κ1) is 11.4. The monoisotopic (exact) mass is 234 g/mol. The fraction of sp³-hybridized carbons (Fsp3) is 0.333. The van der Waals surface area contributed by atoms with Crippen molar-refractivity contribution < 1.29 is 9.90 Å². The molecule has 0 saturated heterocycles. The summed E-state index contributed by atoms with van der Waals surface area (Å²) >= 11 is 0. The molecular formula is C12H14N2O3. The van der Waals surface area contributed by atoms with Crippen LogP contribution in [0.15, 0.2) is 17.2 Å². The summed E-state index contributed by atoms with van der Waals surface area (Å²) < 4.78 is 3.22. The maximum atomic E-state index is 12.0. The first-order valence-corrected chi connectivity index (χ1v) is 5.39. The van der Waals surface area contributed by atoms with Crippen LogP contribution >= 0.6 is 0 Å². The van der Waals surface area contributed by atoms with E-state index in [0.717, 1.165) is 5.56 Å². The quantitative estimate of drug-likeness (QED) is 0.853. The summed E-state index contributed by atoms with van der Waals surface area (Å²) in [7, 11) is 1.63. The normalized spacial score (nSPS) is 11.0. The average Bonchev–Trinajstić information content (AvgIpc) is 2.65. The van der Waals surface area contributed by atoms with Gasteiger partial charge in [-0.25, -0.2) is 4.79 Å². The smallest absolute Gasteiger partial charge is 0.338 e. The second kappa shape index (κ2) is 3.76. The third-order valence-corrected chi connectivity index (χ3v) is 2.94. The van der Waals surface area contributed by atoms with Crippen LogP contribution in [0.25, 0.3) is 10.9 Å². The highest BCUT2D eigenvalue weighted by Gasteiger charge is 2.18. The Hall–Kier alpha value is -2.04. The van der Waals surface area contributed by atoms with Gasteiger partial charge in [0.05, 0.1) is 16.5 Å². The zero-order chi connectivity index (χ0) is 12.7. The van der Waals surface area contributed by atoms with Crippen molar-refractivity contribution >= 4 is 16.9 Å². The molecule has 0 radical (unpaired) electrons. The molecular weight excluding hydrogens is 220 g/mol. The van der Waals surface area contributed by atoms with Gasteiger partial charge in [-0.05, 0) is 19.4 Å². The van der Waals surface area contributed by atoms with Gasteiger partial charge in [0.1, 0.15) is 0 Å². The summed E-state index contributed by atoms with van der Waals surface area (Å²) in [5.41, 5.74) is 1.42. The first-order chi connectivity index (χ1) is 7.97. The lowest BCUT2D eigenvalue weighted by Crippen LogP contribution is -2.18. The molecule has 0 saturated carbocycles. The van der Waals surface area contributed by atoms with Crippen LogP contribution in [0.5, 0.6) is 0 Å². The average molecular weight is 234 g/mol. The lowest BCUT2D eigenvalue weighted by atomic mass is 10.1. The van der Waals surface area contributed by atoms with Crippen molar-refractivity contribution in [3.63, 3.8) is 0 Å². The lowest BCUT2D eigenvalue weighted by Gasteiger charge is -2.05. The predicted octanol–water partition coefficient (Wildman–Crippen LogP) is 1.37. The predicted molar refractivity (Wildman–Crippen MR) is 64.5 cm³/mol. The summed E-state index contributed by atoms with van der Waals surface area (Å²) in [4.78, 5) is 23.2. The highest BCUT2D eigenvalue weighted by molar-refractivity contribution is 6.03. The van der Waals surface area contributed by atoms with Crippen molar-refractivity contribution in [3.05, 3.63) is 33.9 Å². The van der Waals surface area contributed by atoms with Crippen LogP contribution < -0.4 is 5.56 Å². The van der Waals surface area contributed by atoms with E-state index >= 15 is 0 Å². The van der Waals surface area contributed by atoms with E-state index in [4.69, 9.17) is 5.11 Å². The number of rotatable bonds is 2. The molecule has 2 aromatic rings. The number of hydrogen-bond acceptors (Lipinski definition) is 2. The molecule has 2 aromatic heterocycles. The first-order valence-electron chi connectivity index (χ1n) is 5.39. The molecule has 0 aliphatic rings. The SMILES string of the molecule is CCn1cc(C(=O)O)c2c(=O)n(C)cc(C)c21. The molecule has 2 heterocycles. The highest BCUT2D eigenvalue weighted by Crippen LogP contribution is 2.21. The molecule has 90 valence electrons. The van der Waals surface area contributed by atoms with Gasteiger partial charge in [-0.2, -0.15) is 0 Å². The number of aromatic carboxylic acids is 1. The van der Waals surface area contributed by atoms with Crippen LogP contribution in [-0.4, -0.2) is 20.2 Å². The van der Waals surface area contributed by atoms with Crippen LogP contribution in [0.2, 0.25) is 0 Å². The van der Waals surface area contributed by atoms with Gasteiger partial charge < -0.3 is 14.2 Å². The molecule has 0 atom stereocenters. The molecule has 0 bridgehead atoms. The minimum atomic E-state index is -1.06. The zero-order valence-corrected chi connectivity index (χ0v) is 10.0.